The highest BCUT2D eigenvalue weighted by atomic mass is 32.1. The van der Waals surface area contributed by atoms with Gasteiger partial charge in [0.25, 0.3) is 11.3 Å². The van der Waals surface area contributed by atoms with Gasteiger partial charge in [-0.3, -0.25) is 9.59 Å². The van der Waals surface area contributed by atoms with Gasteiger partial charge < -0.3 is 9.72 Å². The molecule has 0 aliphatic rings. The van der Waals surface area contributed by atoms with Crippen LogP contribution >= 0.6 is 11.3 Å². The van der Waals surface area contributed by atoms with Crippen LogP contribution in [0.5, 0.6) is 0 Å². The van der Waals surface area contributed by atoms with Crippen molar-refractivity contribution in [1.82, 2.24) is 29.5 Å². The number of rotatable bonds is 4. The Kier molecular flexibility index (Phi) is 4.65. The van der Waals surface area contributed by atoms with Gasteiger partial charge >= 0.3 is 5.97 Å². The number of aromatic amines is 1. The Morgan fingerprint density at radius 2 is 2.03 bits per heavy atom. The van der Waals surface area contributed by atoms with Crippen LogP contribution < -0.4 is 5.56 Å². The van der Waals surface area contributed by atoms with Gasteiger partial charge in [0.15, 0.2) is 11.9 Å². The number of aromatic nitrogens is 6. The average Bonchev–Trinajstić information content (AvgIpc) is 3.23. The molecule has 0 aliphatic carbocycles. The summed E-state index contributed by atoms with van der Waals surface area (Å²) >= 11 is 1.46. The summed E-state index contributed by atoms with van der Waals surface area (Å²) < 4.78 is 7.14. The molecular formula is C19H20N6O3S. The summed E-state index contributed by atoms with van der Waals surface area (Å²) in [6, 6.07) is 0. The summed E-state index contributed by atoms with van der Waals surface area (Å²) in [6.45, 7) is 9.22. The fourth-order valence-corrected chi connectivity index (χ4v) is 4.35. The zero-order valence-corrected chi connectivity index (χ0v) is 17.5. The number of H-pyrrole nitrogens is 1. The summed E-state index contributed by atoms with van der Waals surface area (Å²) in [7, 11) is 0. The molecular weight excluding hydrogens is 392 g/mol. The summed E-state index contributed by atoms with van der Waals surface area (Å²) in [5.41, 5.74) is 2.93. The quantitative estimate of drug-likeness (QED) is 0.512. The van der Waals surface area contributed by atoms with Crippen LogP contribution in [0, 0.1) is 27.7 Å². The minimum Gasteiger partial charge on any atom is -0.454 e. The van der Waals surface area contributed by atoms with E-state index in [1.54, 1.807) is 11.4 Å². The molecule has 4 aromatic heterocycles. The molecule has 0 saturated heterocycles. The van der Waals surface area contributed by atoms with Gasteiger partial charge in [0.2, 0.25) is 0 Å². The number of hydrogen-bond acceptors (Lipinski definition) is 8. The Bertz CT molecular complexity index is 1320. The molecule has 10 heteroatoms. The first-order valence-electron chi connectivity index (χ1n) is 9.11. The molecule has 0 fully saturated rings. The molecule has 4 rings (SSSR count). The highest BCUT2D eigenvalue weighted by Crippen LogP contribution is 2.27. The second kappa shape index (κ2) is 7.03. The Balaban J connectivity index is 1.58. The average molecular weight is 412 g/mol. The Labute approximate surface area is 169 Å². The number of carbonyl (C=O) groups is 1. The zero-order chi connectivity index (χ0) is 20.9. The van der Waals surface area contributed by atoms with Crippen LogP contribution in [0.4, 0.5) is 0 Å². The van der Waals surface area contributed by atoms with Crippen molar-refractivity contribution >= 4 is 33.3 Å². The lowest BCUT2D eigenvalue weighted by Gasteiger charge is -2.14. The van der Waals surface area contributed by atoms with Crippen LogP contribution in [0.2, 0.25) is 0 Å². The van der Waals surface area contributed by atoms with E-state index in [1.807, 2.05) is 27.7 Å². The maximum atomic E-state index is 12.6. The van der Waals surface area contributed by atoms with Crippen molar-refractivity contribution < 1.29 is 9.53 Å². The van der Waals surface area contributed by atoms with Crippen LogP contribution in [-0.2, 0) is 16.0 Å². The van der Waals surface area contributed by atoms with E-state index in [0.717, 1.165) is 21.7 Å². The topological polar surface area (TPSA) is 115 Å². The van der Waals surface area contributed by atoms with Gasteiger partial charge in [-0.2, -0.15) is 10.1 Å². The van der Waals surface area contributed by atoms with E-state index in [9.17, 15) is 9.59 Å². The van der Waals surface area contributed by atoms with Crippen molar-refractivity contribution in [3.63, 3.8) is 0 Å². The number of hydrogen-bond donors (Lipinski definition) is 1. The summed E-state index contributed by atoms with van der Waals surface area (Å²) in [6.07, 6.45) is 0.769. The van der Waals surface area contributed by atoms with Gasteiger partial charge in [0, 0.05) is 21.8 Å². The lowest BCUT2D eigenvalue weighted by atomic mass is 10.1. The Hall–Kier alpha value is -3.14. The van der Waals surface area contributed by atoms with Gasteiger partial charge in [0.1, 0.15) is 11.2 Å². The van der Waals surface area contributed by atoms with E-state index < -0.39 is 12.1 Å². The number of ether oxygens (including phenoxy) is 1. The first-order valence-corrected chi connectivity index (χ1v) is 9.93. The molecule has 0 spiro atoms. The van der Waals surface area contributed by atoms with Crippen LogP contribution in [0.3, 0.4) is 0 Å². The highest BCUT2D eigenvalue weighted by molar-refractivity contribution is 7.18. The fraction of sp³-hybridized carbons (Fsp3) is 0.368. The van der Waals surface area contributed by atoms with Crippen molar-refractivity contribution in [1.29, 1.82) is 0 Å². The van der Waals surface area contributed by atoms with Crippen molar-refractivity contribution in [2.75, 3.05) is 0 Å². The maximum absolute atomic E-state index is 12.6. The number of nitrogens with zero attached hydrogens (tertiary/aromatic N) is 5. The lowest BCUT2D eigenvalue weighted by Crippen LogP contribution is -2.19. The van der Waals surface area contributed by atoms with Crippen molar-refractivity contribution in [2.45, 2.75) is 47.1 Å². The monoisotopic (exact) mass is 412 g/mol. The van der Waals surface area contributed by atoms with Crippen molar-refractivity contribution in [3.05, 3.63) is 49.9 Å². The van der Waals surface area contributed by atoms with Gasteiger partial charge in [-0.15, -0.1) is 11.3 Å². The van der Waals surface area contributed by atoms with E-state index in [1.165, 1.54) is 17.7 Å². The number of carbonyl (C=O) groups excluding carboxylic acids is 1. The van der Waals surface area contributed by atoms with Crippen molar-refractivity contribution in [2.24, 2.45) is 0 Å². The second-order valence-corrected chi connectivity index (χ2v) is 8.16. The molecule has 9 nitrogen and oxygen atoms in total. The molecule has 29 heavy (non-hydrogen) atoms. The molecule has 150 valence electrons. The fourth-order valence-electron chi connectivity index (χ4n) is 3.31. The molecule has 1 N–H and O–H groups in total. The molecule has 0 unspecified atom stereocenters. The van der Waals surface area contributed by atoms with Crippen molar-refractivity contribution in [3.8, 4) is 0 Å². The molecule has 0 amide bonds. The predicted molar refractivity (Wildman–Crippen MR) is 108 cm³/mol. The molecule has 0 aromatic carbocycles. The normalized spacial score (nSPS) is 12.6. The van der Waals surface area contributed by atoms with E-state index >= 15 is 0 Å². The number of esters is 1. The minimum atomic E-state index is -0.689. The number of aryl methyl sites for hydroxylation is 4. The summed E-state index contributed by atoms with van der Waals surface area (Å²) in [5.74, 6) is 0.378. The second-order valence-electron chi connectivity index (χ2n) is 6.96. The molecule has 1 atom stereocenters. The summed E-state index contributed by atoms with van der Waals surface area (Å²) in [5, 5.41) is 4.72. The first-order chi connectivity index (χ1) is 13.8. The molecule has 4 aromatic rings. The van der Waals surface area contributed by atoms with Crippen LogP contribution in [0.15, 0.2) is 11.1 Å². The third kappa shape index (κ3) is 3.29. The maximum Gasteiger partial charge on any atom is 0.311 e. The minimum absolute atomic E-state index is 0.0362. The molecule has 0 radical (unpaired) electrons. The number of nitrogens with one attached hydrogen (secondary N) is 1. The van der Waals surface area contributed by atoms with Crippen LogP contribution in [0.1, 0.15) is 46.2 Å². The van der Waals surface area contributed by atoms with E-state index in [4.69, 9.17) is 4.74 Å². The van der Waals surface area contributed by atoms with E-state index in [-0.39, 0.29) is 12.0 Å². The molecule has 0 saturated carbocycles. The molecule has 0 aliphatic heterocycles. The zero-order valence-electron chi connectivity index (χ0n) is 16.7. The van der Waals surface area contributed by atoms with Gasteiger partial charge in [-0.05, 0) is 40.2 Å². The van der Waals surface area contributed by atoms with Gasteiger partial charge in [-0.1, -0.05) is 0 Å². The van der Waals surface area contributed by atoms with Gasteiger partial charge in [-0.25, -0.2) is 14.5 Å². The first kappa shape index (κ1) is 19.2. The van der Waals surface area contributed by atoms with E-state index in [0.29, 0.717) is 27.5 Å². The van der Waals surface area contributed by atoms with E-state index in [2.05, 4.69) is 25.0 Å². The molecule has 4 heterocycles. The standard InChI is InChI=1S/C19H20N6O3S/c1-8-12(5)29-18-15(8)17(27)23-16(24-18)11(4)28-14(26)6-13-9(2)22-19-20-7-21-25(19)10(13)3/h7,11H,6H2,1-5H3,(H,23,24,27)/t11-/m1/s1. The highest BCUT2D eigenvalue weighted by Gasteiger charge is 2.20. The largest absolute Gasteiger partial charge is 0.454 e. The third-order valence-corrected chi connectivity index (χ3v) is 6.16. The lowest BCUT2D eigenvalue weighted by molar-refractivity contribution is -0.148. The van der Waals surface area contributed by atoms with Crippen LogP contribution in [-0.4, -0.2) is 35.5 Å². The number of thiophene rings is 1. The summed E-state index contributed by atoms with van der Waals surface area (Å²) in [4.78, 5) is 42.4. The number of fused-ring (bicyclic) bond motifs is 2. The third-order valence-electron chi connectivity index (χ3n) is 5.06. The Morgan fingerprint density at radius 1 is 1.28 bits per heavy atom. The SMILES string of the molecule is Cc1nc2ncnn2c(C)c1CC(=O)O[C@H](C)c1nc2sc(C)c(C)c2c(=O)[nH]1. The smallest absolute Gasteiger partial charge is 0.311 e. The predicted octanol–water partition coefficient (Wildman–Crippen LogP) is 2.50. The Morgan fingerprint density at radius 3 is 2.79 bits per heavy atom. The van der Waals surface area contributed by atoms with Gasteiger partial charge in [0.05, 0.1) is 11.8 Å². The molecule has 0 bridgehead atoms. The van der Waals surface area contributed by atoms with Crippen LogP contribution in [0.25, 0.3) is 16.0 Å².